The number of nitrogens with zero attached hydrogens (tertiary/aromatic N) is 4. The van der Waals surface area contributed by atoms with Gasteiger partial charge in [0.15, 0.2) is 5.78 Å². The van der Waals surface area contributed by atoms with Crippen molar-refractivity contribution in [2.45, 2.75) is 89.8 Å². The van der Waals surface area contributed by atoms with Crippen LogP contribution in [-0.4, -0.2) is 49.5 Å². The molecule has 9 heteroatoms. The molecule has 48 heavy (non-hydrogen) atoms. The lowest BCUT2D eigenvalue weighted by Crippen LogP contribution is -2.53. The van der Waals surface area contributed by atoms with Gasteiger partial charge in [0.25, 0.3) is 0 Å². The molecule has 1 fully saturated rings. The summed E-state index contributed by atoms with van der Waals surface area (Å²) in [6.07, 6.45) is 12.1. The van der Waals surface area contributed by atoms with E-state index in [0.717, 1.165) is 53.0 Å². The summed E-state index contributed by atoms with van der Waals surface area (Å²) in [5, 5.41) is 0.722. The van der Waals surface area contributed by atoms with Crippen molar-refractivity contribution in [1.82, 2.24) is 19.4 Å². The zero-order chi connectivity index (χ0) is 33.8. The van der Waals surface area contributed by atoms with Crippen LogP contribution in [0.1, 0.15) is 80.3 Å². The molecule has 1 saturated heterocycles. The lowest BCUT2D eigenvalue weighted by atomic mass is 9.72. The first-order chi connectivity index (χ1) is 23.1. The van der Waals surface area contributed by atoms with Gasteiger partial charge in [0.1, 0.15) is 5.60 Å². The third-order valence-electron chi connectivity index (χ3n) is 9.69. The SMILES string of the molecule is CC(C)(C)OC(=O)N1CCC([C@H]2c3ccc(Cl)cc3CCc3cc(Br)cnc32)CC1C(=O)C(CCCn1ccnc1)Cc1ccccc1. The number of carbonyl (C=O) groups excluding carboxylic acids is 2. The van der Waals surface area contributed by atoms with Crippen LogP contribution in [0.15, 0.2) is 84.0 Å². The van der Waals surface area contributed by atoms with Crippen molar-refractivity contribution in [2.24, 2.45) is 11.8 Å². The molecule has 0 saturated carbocycles. The zero-order valence-electron chi connectivity index (χ0n) is 27.9. The molecule has 0 N–H and O–H groups in total. The number of benzene rings is 2. The molecule has 1 aliphatic heterocycles. The Morgan fingerprint density at radius 2 is 1.88 bits per heavy atom. The average molecular weight is 732 g/mol. The van der Waals surface area contributed by atoms with E-state index in [0.29, 0.717) is 25.8 Å². The van der Waals surface area contributed by atoms with Gasteiger partial charge in [-0.1, -0.05) is 48.0 Å². The molecule has 2 aromatic heterocycles. The van der Waals surface area contributed by atoms with E-state index in [1.165, 1.54) is 16.7 Å². The number of ketones is 1. The molecule has 3 unspecified atom stereocenters. The summed E-state index contributed by atoms with van der Waals surface area (Å²) >= 11 is 10.2. The standard InChI is InChI=1S/C39H44BrClN4O3/c1-39(2,3)48-38(47)45-18-15-28(35-33-14-13-32(41)22-27(33)11-12-29-21-31(40)24-43-36(29)35)23-34(45)37(46)30(20-26-8-5-4-6-9-26)10-7-17-44-19-16-42-25-44/h4-6,8-9,13-14,16,19,21-22,24-25,28,30,34-35H,7,10-12,15,17-18,20,23H2,1-3H3/t28?,30?,34?,35-/m0/s1. The van der Waals surface area contributed by atoms with E-state index in [-0.39, 0.29) is 23.5 Å². The van der Waals surface area contributed by atoms with Crippen molar-refractivity contribution in [3.63, 3.8) is 0 Å². The Morgan fingerprint density at radius 3 is 2.62 bits per heavy atom. The topological polar surface area (TPSA) is 77.3 Å². The number of pyridine rings is 1. The van der Waals surface area contributed by atoms with Crippen LogP contribution < -0.4 is 0 Å². The normalized spacial score (nSPS) is 19.9. The molecular formula is C39H44BrClN4O3. The van der Waals surface area contributed by atoms with Crippen molar-refractivity contribution < 1.29 is 14.3 Å². The summed E-state index contributed by atoms with van der Waals surface area (Å²) in [6.45, 7) is 6.83. The summed E-state index contributed by atoms with van der Waals surface area (Å²) in [5.41, 5.74) is 5.15. The maximum Gasteiger partial charge on any atom is 0.410 e. The van der Waals surface area contributed by atoms with Crippen LogP contribution in [0.5, 0.6) is 0 Å². The Bertz CT molecular complexity index is 1670. The van der Waals surface area contributed by atoms with Crippen molar-refractivity contribution in [3.8, 4) is 0 Å². The van der Waals surface area contributed by atoms with Gasteiger partial charge in [0.2, 0.25) is 0 Å². The first-order valence-corrected chi connectivity index (χ1v) is 18.2. The quantitative estimate of drug-likeness (QED) is 0.172. The fourth-order valence-corrected chi connectivity index (χ4v) is 8.09. The number of aromatic nitrogens is 3. The summed E-state index contributed by atoms with van der Waals surface area (Å²) in [5.74, 6) is -0.0839. The molecule has 4 atom stereocenters. The zero-order valence-corrected chi connectivity index (χ0v) is 30.3. The monoisotopic (exact) mass is 730 g/mol. The largest absolute Gasteiger partial charge is 0.444 e. The molecule has 0 bridgehead atoms. The van der Waals surface area contributed by atoms with E-state index in [1.54, 1.807) is 11.1 Å². The van der Waals surface area contributed by atoms with Crippen molar-refractivity contribution >= 4 is 39.4 Å². The van der Waals surface area contributed by atoms with Crippen LogP contribution >= 0.6 is 27.5 Å². The van der Waals surface area contributed by atoms with Crippen LogP contribution in [-0.2, 0) is 35.3 Å². The van der Waals surface area contributed by atoms with Gasteiger partial charge in [0, 0.05) is 53.0 Å². The number of hydrogen-bond donors (Lipinski definition) is 0. The molecule has 7 nitrogen and oxygen atoms in total. The first kappa shape index (κ1) is 34.4. The first-order valence-electron chi connectivity index (χ1n) is 17.0. The number of aryl methyl sites for hydroxylation is 3. The number of Topliss-reactive ketones (excluding diaryl/α,β-unsaturated/α-hetero) is 1. The number of amides is 1. The Hall–Kier alpha value is -3.49. The Kier molecular flexibility index (Phi) is 10.7. The summed E-state index contributed by atoms with van der Waals surface area (Å²) in [4.78, 5) is 39.6. The lowest BCUT2D eigenvalue weighted by Gasteiger charge is -2.43. The Balaban J connectivity index is 1.36. The second kappa shape index (κ2) is 15.0. The number of carbonyl (C=O) groups is 2. The highest BCUT2D eigenvalue weighted by atomic mass is 79.9. The summed E-state index contributed by atoms with van der Waals surface area (Å²) < 4.78 is 8.92. The van der Waals surface area contributed by atoms with Crippen molar-refractivity contribution in [1.29, 1.82) is 0 Å². The predicted molar refractivity (Wildman–Crippen MR) is 192 cm³/mol. The third kappa shape index (κ3) is 8.20. The predicted octanol–water partition coefficient (Wildman–Crippen LogP) is 8.85. The summed E-state index contributed by atoms with van der Waals surface area (Å²) in [7, 11) is 0. The van der Waals surface area contributed by atoms with Crippen LogP contribution in [0, 0.1) is 11.8 Å². The number of piperidine rings is 1. The molecule has 2 aliphatic rings. The molecule has 2 aromatic carbocycles. The van der Waals surface area contributed by atoms with Crippen molar-refractivity contribution in [2.75, 3.05) is 6.54 Å². The number of halogens is 2. The second-order valence-electron chi connectivity index (χ2n) is 14.2. The van der Waals surface area contributed by atoms with E-state index >= 15 is 0 Å². The van der Waals surface area contributed by atoms with E-state index in [1.807, 2.05) is 68.3 Å². The molecule has 3 heterocycles. The molecule has 1 amide bonds. The average Bonchev–Trinajstić information content (AvgIpc) is 3.52. The second-order valence-corrected chi connectivity index (χ2v) is 15.6. The maximum absolute atomic E-state index is 14.9. The van der Waals surface area contributed by atoms with Crippen LogP contribution in [0.2, 0.25) is 5.02 Å². The van der Waals surface area contributed by atoms with E-state index in [4.69, 9.17) is 21.3 Å². The van der Waals surface area contributed by atoms with Gasteiger partial charge < -0.3 is 9.30 Å². The number of imidazole rings is 1. The smallest absolute Gasteiger partial charge is 0.410 e. The van der Waals surface area contributed by atoms with Gasteiger partial charge in [-0.05, 0) is 128 Å². The minimum Gasteiger partial charge on any atom is -0.444 e. The van der Waals surface area contributed by atoms with Gasteiger partial charge in [-0.2, -0.15) is 0 Å². The highest BCUT2D eigenvalue weighted by Crippen LogP contribution is 2.45. The fourth-order valence-electron chi connectivity index (χ4n) is 7.52. The van der Waals surface area contributed by atoms with Crippen molar-refractivity contribution in [3.05, 3.63) is 117 Å². The van der Waals surface area contributed by atoms with E-state index in [2.05, 4.69) is 51.2 Å². The highest BCUT2D eigenvalue weighted by molar-refractivity contribution is 9.10. The minimum absolute atomic E-state index is 0.0206. The number of hydrogen-bond acceptors (Lipinski definition) is 5. The highest BCUT2D eigenvalue weighted by Gasteiger charge is 2.44. The number of rotatable bonds is 9. The molecule has 1 aliphatic carbocycles. The number of ether oxygens (including phenoxy) is 1. The molecule has 6 rings (SSSR count). The molecule has 4 aromatic rings. The minimum atomic E-state index is -0.675. The summed E-state index contributed by atoms with van der Waals surface area (Å²) in [6, 6.07) is 18.0. The Labute approximate surface area is 297 Å². The third-order valence-corrected chi connectivity index (χ3v) is 10.4. The fraction of sp³-hybridized carbons (Fsp3) is 0.436. The van der Waals surface area contributed by atoms with E-state index < -0.39 is 17.7 Å². The van der Waals surface area contributed by atoms with Crippen LogP contribution in [0.25, 0.3) is 0 Å². The lowest BCUT2D eigenvalue weighted by molar-refractivity contribution is -0.130. The van der Waals surface area contributed by atoms with Gasteiger partial charge in [-0.25, -0.2) is 9.78 Å². The van der Waals surface area contributed by atoms with Gasteiger partial charge >= 0.3 is 6.09 Å². The number of likely N-dealkylation sites (tertiary alicyclic amines) is 1. The number of fused-ring (bicyclic) bond motifs is 2. The molecule has 252 valence electrons. The van der Waals surface area contributed by atoms with Crippen LogP contribution in [0.3, 0.4) is 0 Å². The Morgan fingerprint density at radius 1 is 1.08 bits per heavy atom. The molecular weight excluding hydrogens is 688 g/mol. The van der Waals surface area contributed by atoms with Gasteiger partial charge in [-0.15, -0.1) is 0 Å². The van der Waals surface area contributed by atoms with Gasteiger partial charge in [0.05, 0.1) is 18.1 Å². The van der Waals surface area contributed by atoms with Crippen LogP contribution in [0.4, 0.5) is 4.79 Å². The molecule has 0 spiro atoms. The van der Waals surface area contributed by atoms with Gasteiger partial charge in [-0.3, -0.25) is 14.7 Å². The van der Waals surface area contributed by atoms with E-state index in [9.17, 15) is 9.59 Å². The molecule has 0 radical (unpaired) electrons. The maximum atomic E-state index is 14.9.